The van der Waals surface area contributed by atoms with Crippen molar-refractivity contribution < 1.29 is 9.90 Å². The average molecular weight is 290 g/mol. The zero-order valence-electron chi connectivity index (χ0n) is 11.2. The predicted molar refractivity (Wildman–Crippen MR) is 85.1 cm³/mol. The van der Waals surface area contributed by atoms with Gasteiger partial charge in [-0.15, -0.1) is 11.8 Å². The summed E-state index contributed by atoms with van der Waals surface area (Å²) >= 11 is 1.78. The third-order valence-corrected chi connectivity index (χ3v) is 3.35. The summed E-state index contributed by atoms with van der Waals surface area (Å²) in [4.78, 5) is 11.5. The molecule has 4 nitrogen and oxygen atoms in total. The normalized spacial score (nSPS) is 9.45. The van der Waals surface area contributed by atoms with Gasteiger partial charge in [0.05, 0.1) is 5.56 Å². The van der Waals surface area contributed by atoms with Crippen LogP contribution in [0, 0.1) is 0 Å². The molecule has 0 heterocycles. The molecule has 0 radical (unpaired) electrons. The molecular formula is C15H18N2O2S. The molecule has 0 aliphatic heterocycles. The number of nitrogens with two attached hydrogens (primary N) is 2. The molecule has 20 heavy (non-hydrogen) atoms. The molecule has 0 aromatic heterocycles. The molecule has 5 heteroatoms. The molecule has 0 spiro atoms. The topological polar surface area (TPSA) is 89.3 Å². The molecule has 2 aromatic rings. The Balaban J connectivity index is 0.000000200. The van der Waals surface area contributed by atoms with Crippen LogP contribution < -0.4 is 11.5 Å². The first-order valence-corrected chi connectivity index (χ1v) is 7.09. The Kier molecular flexibility index (Phi) is 6.46. The Bertz CT molecular complexity index is 556. The summed E-state index contributed by atoms with van der Waals surface area (Å²) in [5.41, 5.74) is 12.7. The maximum absolute atomic E-state index is 10.3. The van der Waals surface area contributed by atoms with Crippen molar-refractivity contribution in [3.05, 3.63) is 54.1 Å². The van der Waals surface area contributed by atoms with Crippen LogP contribution in [0.15, 0.2) is 53.4 Å². The van der Waals surface area contributed by atoms with E-state index >= 15 is 0 Å². The van der Waals surface area contributed by atoms with Crippen LogP contribution >= 0.6 is 11.8 Å². The standard InChI is InChI=1S/C8H11NS.C7H7NO2/c1-2-10-8-6-4-3-5-7(8)9;8-6-3-1-5(2-4-6)7(9)10/h3-6H,2,9H2,1H3;1-4H,8H2,(H,9,10). The van der Waals surface area contributed by atoms with Crippen LogP contribution in [0.25, 0.3) is 0 Å². The molecule has 0 aliphatic carbocycles. The lowest BCUT2D eigenvalue weighted by Gasteiger charge is -2.00. The number of thioether (sulfide) groups is 1. The quantitative estimate of drug-likeness (QED) is 0.596. The molecule has 0 amide bonds. The van der Waals surface area contributed by atoms with E-state index in [2.05, 4.69) is 6.92 Å². The Labute approximate surface area is 122 Å². The summed E-state index contributed by atoms with van der Waals surface area (Å²) < 4.78 is 0. The van der Waals surface area contributed by atoms with E-state index in [-0.39, 0.29) is 5.56 Å². The number of aromatic carboxylic acids is 1. The number of carbonyl (C=O) groups is 1. The van der Waals surface area contributed by atoms with Gasteiger partial charge in [-0.3, -0.25) is 0 Å². The van der Waals surface area contributed by atoms with Crippen LogP contribution in [0.3, 0.4) is 0 Å². The predicted octanol–water partition coefficient (Wildman–Crippen LogP) is 3.35. The molecule has 5 N–H and O–H groups in total. The molecule has 0 fully saturated rings. The second-order valence-corrected chi connectivity index (χ2v) is 5.20. The minimum atomic E-state index is -0.931. The molecule has 0 bridgehead atoms. The highest BCUT2D eigenvalue weighted by atomic mass is 32.2. The van der Waals surface area contributed by atoms with Crippen molar-refractivity contribution in [2.75, 3.05) is 17.2 Å². The van der Waals surface area contributed by atoms with Gasteiger partial charge in [0.25, 0.3) is 0 Å². The fourth-order valence-electron chi connectivity index (χ4n) is 1.39. The maximum atomic E-state index is 10.3. The van der Waals surface area contributed by atoms with Crippen LogP contribution in [0.2, 0.25) is 0 Å². The molecule has 2 rings (SSSR count). The van der Waals surface area contributed by atoms with Crippen molar-refractivity contribution in [2.24, 2.45) is 0 Å². The molecule has 0 aliphatic rings. The van der Waals surface area contributed by atoms with Crippen LogP contribution in [0.5, 0.6) is 0 Å². The third kappa shape index (κ3) is 5.24. The first-order valence-electron chi connectivity index (χ1n) is 6.10. The number of nitrogen functional groups attached to an aromatic ring is 2. The van der Waals surface area contributed by atoms with Crippen LogP contribution in [-0.4, -0.2) is 16.8 Å². The van der Waals surface area contributed by atoms with Crippen LogP contribution in [-0.2, 0) is 0 Å². The zero-order valence-corrected chi connectivity index (χ0v) is 12.1. The molecule has 106 valence electrons. The second kappa shape index (κ2) is 8.12. The van der Waals surface area contributed by atoms with E-state index in [4.69, 9.17) is 16.6 Å². The van der Waals surface area contributed by atoms with Crippen molar-refractivity contribution in [1.82, 2.24) is 0 Å². The van der Waals surface area contributed by atoms with Gasteiger partial charge in [-0.2, -0.15) is 0 Å². The monoisotopic (exact) mass is 290 g/mol. The number of carboxylic acid groups (broad SMARTS) is 1. The first kappa shape index (κ1) is 15.9. The largest absolute Gasteiger partial charge is 0.478 e. The Morgan fingerprint density at radius 1 is 1.10 bits per heavy atom. The lowest BCUT2D eigenvalue weighted by Crippen LogP contribution is -1.95. The van der Waals surface area contributed by atoms with Gasteiger partial charge in [-0.05, 0) is 42.2 Å². The second-order valence-electron chi connectivity index (χ2n) is 3.90. The number of hydrogen-bond acceptors (Lipinski definition) is 4. The number of rotatable bonds is 3. The van der Waals surface area contributed by atoms with Crippen molar-refractivity contribution in [2.45, 2.75) is 11.8 Å². The molecule has 2 aromatic carbocycles. The fraction of sp³-hybridized carbons (Fsp3) is 0.133. The minimum absolute atomic E-state index is 0.259. The van der Waals surface area contributed by atoms with Gasteiger partial charge in [0.15, 0.2) is 0 Å². The Morgan fingerprint density at radius 3 is 2.20 bits per heavy atom. The van der Waals surface area contributed by atoms with Gasteiger partial charge in [-0.25, -0.2) is 4.79 Å². The van der Waals surface area contributed by atoms with Crippen LogP contribution in [0.4, 0.5) is 11.4 Å². The third-order valence-electron chi connectivity index (χ3n) is 2.38. The van der Waals surface area contributed by atoms with E-state index in [0.717, 1.165) is 11.4 Å². The summed E-state index contributed by atoms with van der Waals surface area (Å²) in [5.74, 6) is 0.147. The highest BCUT2D eigenvalue weighted by Crippen LogP contribution is 2.23. The average Bonchev–Trinajstić information content (AvgIpc) is 2.43. The van der Waals surface area contributed by atoms with Gasteiger partial charge in [0.1, 0.15) is 0 Å². The smallest absolute Gasteiger partial charge is 0.335 e. The van der Waals surface area contributed by atoms with Gasteiger partial charge in [-0.1, -0.05) is 19.1 Å². The SMILES string of the molecule is CCSc1ccccc1N.Nc1ccc(C(=O)O)cc1. The van der Waals surface area contributed by atoms with E-state index < -0.39 is 5.97 Å². The fourth-order valence-corrected chi connectivity index (χ4v) is 2.11. The summed E-state index contributed by atoms with van der Waals surface area (Å²) in [7, 11) is 0. The van der Waals surface area contributed by atoms with Crippen LogP contribution in [0.1, 0.15) is 17.3 Å². The highest BCUT2D eigenvalue weighted by molar-refractivity contribution is 7.99. The molecule has 0 saturated carbocycles. The van der Waals surface area contributed by atoms with Crippen molar-refractivity contribution in [3.8, 4) is 0 Å². The number of benzene rings is 2. The molecule has 0 unspecified atom stereocenters. The summed E-state index contributed by atoms with van der Waals surface area (Å²) in [5, 5.41) is 8.43. The lowest BCUT2D eigenvalue weighted by atomic mass is 10.2. The van der Waals surface area contributed by atoms with E-state index in [1.165, 1.54) is 17.0 Å². The summed E-state index contributed by atoms with van der Waals surface area (Å²) in [6.07, 6.45) is 0. The van der Waals surface area contributed by atoms with E-state index in [0.29, 0.717) is 5.69 Å². The van der Waals surface area contributed by atoms with Crippen molar-refractivity contribution in [3.63, 3.8) is 0 Å². The highest BCUT2D eigenvalue weighted by Gasteiger charge is 1.98. The zero-order chi connectivity index (χ0) is 15.0. The Morgan fingerprint density at radius 2 is 1.70 bits per heavy atom. The lowest BCUT2D eigenvalue weighted by molar-refractivity contribution is 0.0697. The Hall–Kier alpha value is -2.14. The number of para-hydroxylation sites is 1. The van der Waals surface area contributed by atoms with Crippen molar-refractivity contribution >= 4 is 29.1 Å². The number of hydrogen-bond donors (Lipinski definition) is 3. The van der Waals surface area contributed by atoms with Gasteiger partial charge >= 0.3 is 5.97 Å². The number of carboxylic acids is 1. The molecule has 0 saturated heterocycles. The number of anilines is 2. The minimum Gasteiger partial charge on any atom is -0.478 e. The summed E-state index contributed by atoms with van der Waals surface area (Å²) in [6.45, 7) is 2.12. The van der Waals surface area contributed by atoms with E-state index in [1.54, 1.807) is 23.9 Å². The van der Waals surface area contributed by atoms with E-state index in [9.17, 15) is 4.79 Å². The van der Waals surface area contributed by atoms with Gasteiger partial charge in [0.2, 0.25) is 0 Å². The van der Waals surface area contributed by atoms with Gasteiger partial charge < -0.3 is 16.6 Å². The van der Waals surface area contributed by atoms with Crippen molar-refractivity contribution in [1.29, 1.82) is 0 Å². The van der Waals surface area contributed by atoms with E-state index in [1.807, 2.05) is 24.3 Å². The first-order chi connectivity index (χ1) is 9.54. The molecule has 0 atom stereocenters. The maximum Gasteiger partial charge on any atom is 0.335 e. The summed E-state index contributed by atoms with van der Waals surface area (Å²) in [6, 6.07) is 14.0. The van der Waals surface area contributed by atoms with Gasteiger partial charge in [0, 0.05) is 16.3 Å². The molecular weight excluding hydrogens is 272 g/mol.